The van der Waals surface area contributed by atoms with Crippen LogP contribution in [0.25, 0.3) is 10.2 Å². The smallest absolute Gasteiger partial charge is 0.264 e. The van der Waals surface area contributed by atoms with E-state index in [1.807, 2.05) is 0 Å². The van der Waals surface area contributed by atoms with Gasteiger partial charge in [0.1, 0.15) is 4.83 Å². The number of anilines is 1. The molecule has 2 aromatic heterocycles. The third kappa shape index (κ3) is 3.95. The van der Waals surface area contributed by atoms with E-state index < -0.39 is 0 Å². The number of morpholine rings is 1. The first kappa shape index (κ1) is 18.7. The first-order valence-electron chi connectivity index (χ1n) is 9.98. The molecule has 7 heteroatoms. The second kappa shape index (κ2) is 8.54. The van der Waals surface area contributed by atoms with E-state index in [1.165, 1.54) is 23.3 Å². The number of aromatic nitrogens is 2. The van der Waals surface area contributed by atoms with Crippen molar-refractivity contribution in [1.29, 1.82) is 0 Å². The molecule has 3 heterocycles. The lowest BCUT2D eigenvalue weighted by atomic mass is 9.97. The molecule has 27 heavy (non-hydrogen) atoms. The van der Waals surface area contributed by atoms with E-state index in [1.54, 1.807) is 22.0 Å². The highest BCUT2D eigenvalue weighted by atomic mass is 32.1. The topological polar surface area (TPSA) is 59.4 Å². The summed E-state index contributed by atoms with van der Waals surface area (Å²) in [4.78, 5) is 22.7. The fourth-order valence-corrected chi connectivity index (χ4v) is 5.25. The molecule has 0 unspecified atom stereocenters. The average Bonchev–Trinajstić information content (AvgIpc) is 3.07. The summed E-state index contributed by atoms with van der Waals surface area (Å²) in [6, 6.07) is 0. The zero-order valence-electron chi connectivity index (χ0n) is 15.8. The molecule has 0 atom stereocenters. The normalized spacial score (nSPS) is 17.8. The van der Waals surface area contributed by atoms with Gasteiger partial charge < -0.3 is 10.1 Å². The molecule has 0 aromatic carbocycles. The number of rotatable bonds is 7. The van der Waals surface area contributed by atoms with Crippen molar-refractivity contribution in [3.05, 3.63) is 33.4 Å². The van der Waals surface area contributed by atoms with Crippen LogP contribution in [0, 0.1) is 0 Å². The van der Waals surface area contributed by atoms with Crippen molar-refractivity contribution >= 4 is 27.5 Å². The first-order chi connectivity index (χ1) is 13.3. The fourth-order valence-electron chi connectivity index (χ4n) is 4.00. The van der Waals surface area contributed by atoms with Gasteiger partial charge in [-0.25, -0.2) is 4.98 Å². The number of aryl methyl sites for hydroxylation is 2. The highest BCUT2D eigenvalue weighted by Crippen LogP contribution is 2.34. The number of hydrogen-bond donors (Lipinski definition) is 1. The molecular formula is C20H28N4O2S. The molecular weight excluding hydrogens is 360 g/mol. The highest BCUT2D eigenvalue weighted by Gasteiger charge is 2.21. The van der Waals surface area contributed by atoms with Gasteiger partial charge in [0.05, 0.1) is 18.6 Å². The molecule has 0 bridgehead atoms. The van der Waals surface area contributed by atoms with Gasteiger partial charge in [-0.15, -0.1) is 17.9 Å². The standard InChI is InChI=1S/C20H28N4O2S/c1-2-9-24-19(25)17-15-6-3-4-7-16(15)27-18(17)22-20(24)21-8-5-10-23-11-13-26-14-12-23/h2H,1,3-14H2,(H,21,22). The van der Waals surface area contributed by atoms with Crippen molar-refractivity contribution in [3.63, 3.8) is 0 Å². The molecule has 1 N–H and O–H groups in total. The summed E-state index contributed by atoms with van der Waals surface area (Å²) in [6.07, 6.45) is 7.26. The van der Waals surface area contributed by atoms with Crippen molar-refractivity contribution < 1.29 is 4.74 Å². The Balaban J connectivity index is 1.53. The molecule has 1 fully saturated rings. The minimum Gasteiger partial charge on any atom is -0.379 e. The molecule has 0 saturated carbocycles. The van der Waals surface area contributed by atoms with Gasteiger partial charge >= 0.3 is 0 Å². The fraction of sp³-hybridized carbons (Fsp3) is 0.600. The van der Waals surface area contributed by atoms with E-state index in [0.717, 1.165) is 68.9 Å². The molecule has 2 aromatic rings. The van der Waals surface area contributed by atoms with Crippen LogP contribution in [-0.2, 0) is 24.1 Å². The maximum absolute atomic E-state index is 13.2. The lowest BCUT2D eigenvalue weighted by Crippen LogP contribution is -2.37. The van der Waals surface area contributed by atoms with E-state index in [2.05, 4.69) is 16.8 Å². The molecule has 0 radical (unpaired) electrons. The van der Waals surface area contributed by atoms with Gasteiger partial charge in [-0.3, -0.25) is 14.3 Å². The number of fused-ring (bicyclic) bond motifs is 3. The van der Waals surface area contributed by atoms with Crippen molar-refractivity contribution in [2.24, 2.45) is 0 Å². The van der Waals surface area contributed by atoms with Gasteiger partial charge in [0.15, 0.2) is 0 Å². The maximum Gasteiger partial charge on any atom is 0.264 e. The molecule has 2 aliphatic rings. The van der Waals surface area contributed by atoms with Crippen LogP contribution in [0.2, 0.25) is 0 Å². The number of ether oxygens (including phenoxy) is 1. The van der Waals surface area contributed by atoms with Gasteiger partial charge in [0.25, 0.3) is 5.56 Å². The molecule has 4 rings (SSSR count). The van der Waals surface area contributed by atoms with E-state index >= 15 is 0 Å². The zero-order chi connectivity index (χ0) is 18.6. The van der Waals surface area contributed by atoms with E-state index in [4.69, 9.17) is 9.72 Å². The zero-order valence-corrected chi connectivity index (χ0v) is 16.7. The van der Waals surface area contributed by atoms with Crippen LogP contribution in [-0.4, -0.2) is 53.8 Å². The molecule has 1 aliphatic heterocycles. The number of nitrogens with one attached hydrogen (secondary N) is 1. The van der Waals surface area contributed by atoms with E-state index in [9.17, 15) is 4.79 Å². The molecule has 146 valence electrons. The second-order valence-electron chi connectivity index (χ2n) is 7.27. The van der Waals surface area contributed by atoms with Crippen molar-refractivity contribution in [2.75, 3.05) is 44.7 Å². The lowest BCUT2D eigenvalue weighted by Gasteiger charge is -2.26. The van der Waals surface area contributed by atoms with E-state index in [-0.39, 0.29) is 5.56 Å². The Morgan fingerprint density at radius 1 is 1.26 bits per heavy atom. The Morgan fingerprint density at radius 2 is 2.07 bits per heavy atom. The monoisotopic (exact) mass is 388 g/mol. The summed E-state index contributed by atoms with van der Waals surface area (Å²) in [6.45, 7) is 9.81. The Labute approximate surface area is 163 Å². The molecule has 1 saturated heterocycles. The third-order valence-electron chi connectivity index (χ3n) is 5.42. The van der Waals surface area contributed by atoms with Crippen LogP contribution in [0.4, 0.5) is 5.95 Å². The van der Waals surface area contributed by atoms with Gasteiger partial charge in [-0.2, -0.15) is 0 Å². The predicted molar refractivity (Wildman–Crippen MR) is 111 cm³/mol. The summed E-state index contributed by atoms with van der Waals surface area (Å²) in [5.74, 6) is 0.674. The van der Waals surface area contributed by atoms with Crippen LogP contribution in [0.5, 0.6) is 0 Å². The summed E-state index contributed by atoms with van der Waals surface area (Å²) in [5.41, 5.74) is 1.32. The van der Waals surface area contributed by atoms with Crippen LogP contribution in [0.3, 0.4) is 0 Å². The maximum atomic E-state index is 13.2. The van der Waals surface area contributed by atoms with Crippen LogP contribution >= 0.6 is 11.3 Å². The van der Waals surface area contributed by atoms with E-state index in [0.29, 0.717) is 12.5 Å². The predicted octanol–water partition coefficient (Wildman–Crippen LogP) is 2.66. The highest BCUT2D eigenvalue weighted by molar-refractivity contribution is 7.18. The van der Waals surface area contributed by atoms with Crippen molar-refractivity contribution in [3.8, 4) is 0 Å². The van der Waals surface area contributed by atoms with Gasteiger partial charge in [-0.05, 0) is 44.2 Å². The minimum absolute atomic E-state index is 0.0787. The Hall–Kier alpha value is -1.70. The largest absolute Gasteiger partial charge is 0.379 e. The second-order valence-corrected chi connectivity index (χ2v) is 8.35. The van der Waals surface area contributed by atoms with Gasteiger partial charge in [0.2, 0.25) is 5.95 Å². The Morgan fingerprint density at radius 3 is 2.89 bits per heavy atom. The summed E-state index contributed by atoms with van der Waals surface area (Å²) in [7, 11) is 0. The summed E-state index contributed by atoms with van der Waals surface area (Å²) in [5, 5.41) is 4.25. The SMILES string of the molecule is C=CCn1c(NCCCN2CCOCC2)nc2sc3c(c2c1=O)CCCC3. The molecule has 0 spiro atoms. The molecule has 1 aliphatic carbocycles. The molecule has 6 nitrogen and oxygen atoms in total. The van der Waals surface area contributed by atoms with Gasteiger partial charge in [0, 0.05) is 31.1 Å². The number of allylic oxidation sites excluding steroid dienone is 1. The number of thiophene rings is 1. The average molecular weight is 389 g/mol. The minimum atomic E-state index is 0.0787. The van der Waals surface area contributed by atoms with Crippen molar-refractivity contribution in [1.82, 2.24) is 14.5 Å². The van der Waals surface area contributed by atoms with Gasteiger partial charge in [-0.1, -0.05) is 6.08 Å². The lowest BCUT2D eigenvalue weighted by molar-refractivity contribution is 0.0378. The molecule has 0 amide bonds. The Kier molecular flexibility index (Phi) is 5.90. The number of nitrogens with zero attached hydrogens (tertiary/aromatic N) is 3. The van der Waals surface area contributed by atoms with Crippen molar-refractivity contribution in [2.45, 2.75) is 38.6 Å². The van der Waals surface area contributed by atoms with Crippen LogP contribution in [0.1, 0.15) is 29.7 Å². The Bertz CT molecular complexity index is 867. The quantitative estimate of drug-likeness (QED) is 0.584. The summed E-state index contributed by atoms with van der Waals surface area (Å²) < 4.78 is 7.13. The van der Waals surface area contributed by atoms with Crippen LogP contribution < -0.4 is 10.9 Å². The first-order valence-corrected chi connectivity index (χ1v) is 10.8. The number of hydrogen-bond acceptors (Lipinski definition) is 6. The summed E-state index contributed by atoms with van der Waals surface area (Å²) >= 11 is 1.70. The van der Waals surface area contributed by atoms with Crippen LogP contribution in [0.15, 0.2) is 17.4 Å². The third-order valence-corrected chi connectivity index (χ3v) is 6.61.